The summed E-state index contributed by atoms with van der Waals surface area (Å²) in [5.74, 6) is 0.354. The maximum atomic E-state index is 12.9. The van der Waals surface area contributed by atoms with Gasteiger partial charge in [0.25, 0.3) is 0 Å². The van der Waals surface area contributed by atoms with Crippen molar-refractivity contribution in [1.82, 2.24) is 5.32 Å². The Kier molecular flexibility index (Phi) is 3.86. The second kappa shape index (κ2) is 5.23. The van der Waals surface area contributed by atoms with Crippen LogP contribution in [0.3, 0.4) is 0 Å². The lowest BCUT2D eigenvalue weighted by molar-refractivity contribution is 0.0717. The molecule has 98 valence electrons. The highest BCUT2D eigenvalue weighted by atomic mass is 16.1. The number of rotatable bonds is 3. The molecule has 2 nitrogen and oxygen atoms in total. The van der Waals surface area contributed by atoms with E-state index in [1.54, 1.807) is 0 Å². The Morgan fingerprint density at radius 1 is 1.28 bits per heavy atom. The molecule has 0 aromatic heterocycles. The quantitative estimate of drug-likeness (QED) is 0.828. The van der Waals surface area contributed by atoms with E-state index in [1.807, 2.05) is 6.92 Å². The average molecular weight is 245 g/mol. The van der Waals surface area contributed by atoms with Gasteiger partial charge in [-0.15, -0.1) is 0 Å². The molecule has 0 spiro atoms. The lowest BCUT2D eigenvalue weighted by Crippen LogP contribution is -2.42. The van der Waals surface area contributed by atoms with E-state index in [4.69, 9.17) is 0 Å². The minimum atomic E-state index is -0.135. The van der Waals surface area contributed by atoms with Crippen LogP contribution in [0.4, 0.5) is 0 Å². The fraction of sp³-hybridized carbons (Fsp3) is 0.562. The highest BCUT2D eigenvalue weighted by Crippen LogP contribution is 2.37. The molecular weight excluding hydrogens is 222 g/mol. The van der Waals surface area contributed by atoms with Crippen LogP contribution in [0.5, 0.6) is 0 Å². The minimum Gasteiger partial charge on any atom is -0.317 e. The number of aryl methyl sites for hydroxylation is 2. The van der Waals surface area contributed by atoms with Crippen LogP contribution >= 0.6 is 0 Å². The smallest absolute Gasteiger partial charge is 0.169 e. The molecule has 0 aliphatic carbocycles. The molecule has 1 saturated heterocycles. The molecule has 1 aromatic carbocycles. The Morgan fingerprint density at radius 3 is 2.56 bits per heavy atom. The van der Waals surface area contributed by atoms with Gasteiger partial charge in [-0.2, -0.15) is 0 Å². The van der Waals surface area contributed by atoms with E-state index < -0.39 is 0 Å². The van der Waals surface area contributed by atoms with Gasteiger partial charge in [0.15, 0.2) is 5.78 Å². The summed E-state index contributed by atoms with van der Waals surface area (Å²) < 4.78 is 0. The van der Waals surface area contributed by atoms with Gasteiger partial charge >= 0.3 is 0 Å². The molecule has 0 saturated carbocycles. The third-order valence-electron chi connectivity index (χ3n) is 4.36. The van der Waals surface area contributed by atoms with Crippen molar-refractivity contribution in [3.8, 4) is 0 Å². The minimum absolute atomic E-state index is 0.135. The first-order valence-electron chi connectivity index (χ1n) is 6.92. The zero-order chi connectivity index (χ0) is 13.2. The van der Waals surface area contributed by atoms with Crippen LogP contribution in [0.25, 0.3) is 0 Å². The van der Waals surface area contributed by atoms with E-state index in [1.165, 1.54) is 5.56 Å². The van der Waals surface area contributed by atoms with Crippen LogP contribution < -0.4 is 5.32 Å². The van der Waals surface area contributed by atoms with Gasteiger partial charge in [-0.1, -0.05) is 24.6 Å². The van der Waals surface area contributed by atoms with Gasteiger partial charge in [-0.3, -0.25) is 4.79 Å². The summed E-state index contributed by atoms with van der Waals surface area (Å²) in [7, 11) is 0. The standard InChI is InChI=1S/C16H23NO/c1-4-16(7-9-17-10-8-16)15(18)14-11-12(2)5-6-13(14)3/h5-6,11,17H,4,7-10H2,1-3H3. The third-order valence-corrected chi connectivity index (χ3v) is 4.36. The van der Waals surface area contributed by atoms with Gasteiger partial charge in [0, 0.05) is 11.0 Å². The van der Waals surface area contributed by atoms with Crippen molar-refractivity contribution < 1.29 is 4.79 Å². The fourth-order valence-corrected chi connectivity index (χ4v) is 2.91. The van der Waals surface area contributed by atoms with Crippen LogP contribution in [0, 0.1) is 19.3 Å². The molecule has 18 heavy (non-hydrogen) atoms. The van der Waals surface area contributed by atoms with Crippen LogP contribution in [-0.2, 0) is 0 Å². The largest absolute Gasteiger partial charge is 0.317 e. The molecule has 0 unspecified atom stereocenters. The maximum absolute atomic E-state index is 12.9. The Bertz CT molecular complexity index is 444. The highest BCUT2D eigenvalue weighted by molar-refractivity contribution is 6.01. The number of piperidine rings is 1. The molecule has 1 N–H and O–H groups in total. The monoisotopic (exact) mass is 245 g/mol. The van der Waals surface area contributed by atoms with Gasteiger partial charge in [-0.25, -0.2) is 0 Å². The summed E-state index contributed by atoms with van der Waals surface area (Å²) in [6.45, 7) is 8.16. The molecule has 1 aliphatic heterocycles. The maximum Gasteiger partial charge on any atom is 0.169 e. The zero-order valence-corrected chi connectivity index (χ0v) is 11.7. The molecule has 1 aromatic rings. The Balaban J connectivity index is 2.36. The van der Waals surface area contributed by atoms with Gasteiger partial charge in [0.2, 0.25) is 0 Å². The van der Waals surface area contributed by atoms with Gasteiger partial charge in [-0.05, 0) is 57.8 Å². The molecule has 0 bridgehead atoms. The first-order valence-corrected chi connectivity index (χ1v) is 6.92. The summed E-state index contributed by atoms with van der Waals surface area (Å²) in [4.78, 5) is 12.9. The van der Waals surface area contributed by atoms with E-state index in [2.05, 4.69) is 37.4 Å². The summed E-state index contributed by atoms with van der Waals surface area (Å²) >= 11 is 0. The van der Waals surface area contributed by atoms with E-state index in [0.717, 1.165) is 43.5 Å². The van der Waals surface area contributed by atoms with E-state index in [0.29, 0.717) is 5.78 Å². The van der Waals surface area contributed by atoms with Crippen molar-refractivity contribution >= 4 is 5.78 Å². The van der Waals surface area contributed by atoms with Crippen LogP contribution in [0.1, 0.15) is 47.7 Å². The van der Waals surface area contributed by atoms with E-state index in [9.17, 15) is 4.79 Å². The Labute approximate surface area is 110 Å². The number of benzene rings is 1. The zero-order valence-electron chi connectivity index (χ0n) is 11.7. The van der Waals surface area contributed by atoms with Gasteiger partial charge in [0.05, 0.1) is 0 Å². The first kappa shape index (κ1) is 13.3. The van der Waals surface area contributed by atoms with Crippen molar-refractivity contribution in [2.24, 2.45) is 5.41 Å². The molecule has 2 heteroatoms. The number of nitrogens with one attached hydrogen (secondary N) is 1. The molecule has 0 atom stereocenters. The van der Waals surface area contributed by atoms with Crippen molar-refractivity contribution in [3.63, 3.8) is 0 Å². The van der Waals surface area contributed by atoms with Crippen molar-refractivity contribution in [2.45, 2.75) is 40.0 Å². The van der Waals surface area contributed by atoms with Crippen molar-refractivity contribution in [1.29, 1.82) is 0 Å². The normalized spacial score (nSPS) is 18.6. The predicted molar refractivity (Wildman–Crippen MR) is 75.1 cm³/mol. The SMILES string of the molecule is CCC1(C(=O)c2cc(C)ccc2C)CCNCC1. The van der Waals surface area contributed by atoms with E-state index >= 15 is 0 Å². The number of Topliss-reactive ketones (excluding diaryl/α,β-unsaturated/α-hetero) is 1. The predicted octanol–water partition coefficient (Wildman–Crippen LogP) is 3.27. The van der Waals surface area contributed by atoms with E-state index in [-0.39, 0.29) is 5.41 Å². The lowest BCUT2D eigenvalue weighted by atomic mass is 9.70. The molecule has 1 fully saturated rings. The first-order chi connectivity index (χ1) is 8.59. The summed E-state index contributed by atoms with van der Waals surface area (Å²) in [6, 6.07) is 6.19. The topological polar surface area (TPSA) is 29.1 Å². The average Bonchev–Trinajstić information content (AvgIpc) is 2.41. The number of ketones is 1. The summed E-state index contributed by atoms with van der Waals surface area (Å²) in [5.41, 5.74) is 3.07. The molecular formula is C16H23NO. The number of hydrogen-bond acceptors (Lipinski definition) is 2. The van der Waals surface area contributed by atoms with Crippen LogP contribution in [0.2, 0.25) is 0 Å². The summed E-state index contributed by atoms with van der Waals surface area (Å²) in [5, 5.41) is 3.35. The molecule has 0 amide bonds. The number of carbonyl (C=O) groups excluding carboxylic acids is 1. The number of carbonyl (C=O) groups is 1. The molecule has 1 aliphatic rings. The lowest BCUT2D eigenvalue weighted by Gasteiger charge is -2.35. The van der Waals surface area contributed by atoms with Crippen LogP contribution in [-0.4, -0.2) is 18.9 Å². The Hall–Kier alpha value is -1.15. The second-order valence-electron chi connectivity index (χ2n) is 5.53. The summed E-state index contributed by atoms with van der Waals surface area (Å²) in [6.07, 6.45) is 2.88. The molecule has 2 rings (SSSR count). The number of hydrogen-bond donors (Lipinski definition) is 1. The van der Waals surface area contributed by atoms with Crippen molar-refractivity contribution in [3.05, 3.63) is 34.9 Å². The van der Waals surface area contributed by atoms with Gasteiger partial charge < -0.3 is 5.32 Å². The highest BCUT2D eigenvalue weighted by Gasteiger charge is 2.38. The fourth-order valence-electron chi connectivity index (χ4n) is 2.91. The third kappa shape index (κ3) is 2.35. The van der Waals surface area contributed by atoms with Gasteiger partial charge in [0.1, 0.15) is 0 Å². The molecule has 1 heterocycles. The second-order valence-corrected chi connectivity index (χ2v) is 5.53. The van der Waals surface area contributed by atoms with Crippen molar-refractivity contribution in [2.75, 3.05) is 13.1 Å². The van der Waals surface area contributed by atoms with Crippen LogP contribution in [0.15, 0.2) is 18.2 Å². The molecule has 0 radical (unpaired) electrons. The Morgan fingerprint density at radius 2 is 1.94 bits per heavy atom.